The molecule has 6 nitrogen and oxygen atoms in total. The van der Waals surface area contributed by atoms with Crippen LogP contribution in [0.15, 0.2) is 18.2 Å². The summed E-state index contributed by atoms with van der Waals surface area (Å²) in [7, 11) is 1.55. The fourth-order valence-corrected chi connectivity index (χ4v) is 1.39. The lowest BCUT2D eigenvalue weighted by atomic mass is 10.1. The van der Waals surface area contributed by atoms with Gasteiger partial charge in [-0.05, 0) is 24.6 Å². The van der Waals surface area contributed by atoms with Gasteiger partial charge in [-0.2, -0.15) is 0 Å². The van der Waals surface area contributed by atoms with Crippen LogP contribution < -0.4 is 5.32 Å². The maximum absolute atomic E-state index is 11.5. The third kappa shape index (κ3) is 4.06. The molecule has 18 heavy (non-hydrogen) atoms. The Bertz CT molecular complexity index is 444. The molecule has 0 heterocycles. The fourth-order valence-electron chi connectivity index (χ4n) is 1.39. The summed E-state index contributed by atoms with van der Waals surface area (Å²) in [6, 6.07) is 3.89. The van der Waals surface area contributed by atoms with Gasteiger partial charge in [0.1, 0.15) is 11.3 Å². The van der Waals surface area contributed by atoms with Gasteiger partial charge in [-0.15, -0.1) is 0 Å². The summed E-state index contributed by atoms with van der Waals surface area (Å²) in [4.78, 5) is 22.3. The highest BCUT2D eigenvalue weighted by Gasteiger charge is 2.11. The Labute approximate surface area is 104 Å². The van der Waals surface area contributed by atoms with Gasteiger partial charge in [-0.25, -0.2) is 4.79 Å². The van der Waals surface area contributed by atoms with Crippen LogP contribution in [0, 0.1) is 0 Å². The van der Waals surface area contributed by atoms with Crippen molar-refractivity contribution in [1.82, 2.24) is 0 Å². The molecule has 98 valence electrons. The van der Waals surface area contributed by atoms with E-state index >= 15 is 0 Å². The minimum absolute atomic E-state index is 0.228. The van der Waals surface area contributed by atoms with Crippen LogP contribution in [-0.2, 0) is 9.53 Å². The van der Waals surface area contributed by atoms with Gasteiger partial charge in [0.05, 0.1) is 0 Å². The lowest BCUT2D eigenvalue weighted by molar-refractivity contribution is -0.116. The van der Waals surface area contributed by atoms with Crippen molar-refractivity contribution in [2.45, 2.75) is 12.8 Å². The van der Waals surface area contributed by atoms with Gasteiger partial charge >= 0.3 is 5.97 Å². The summed E-state index contributed by atoms with van der Waals surface area (Å²) in [5.41, 5.74) is 0.0947. The smallest absolute Gasteiger partial charge is 0.339 e. The highest BCUT2D eigenvalue weighted by Crippen LogP contribution is 2.21. The van der Waals surface area contributed by atoms with E-state index in [1.165, 1.54) is 18.2 Å². The molecule has 1 aromatic rings. The third-order valence-electron chi connectivity index (χ3n) is 2.26. The number of aromatic hydroxyl groups is 1. The van der Waals surface area contributed by atoms with Crippen LogP contribution >= 0.6 is 0 Å². The Kier molecular flexibility index (Phi) is 5.13. The Hall–Kier alpha value is -2.08. The summed E-state index contributed by atoms with van der Waals surface area (Å²) >= 11 is 0. The zero-order chi connectivity index (χ0) is 13.5. The average Bonchev–Trinajstić information content (AvgIpc) is 2.31. The number of carboxylic acid groups (broad SMARTS) is 1. The molecule has 0 saturated carbocycles. The number of benzene rings is 1. The normalized spacial score (nSPS) is 10.1. The second-order valence-electron chi connectivity index (χ2n) is 3.68. The first-order valence-electron chi connectivity index (χ1n) is 5.39. The number of carboxylic acids is 1. The zero-order valence-corrected chi connectivity index (χ0v) is 9.97. The number of ether oxygens (including phenoxy) is 1. The van der Waals surface area contributed by atoms with Gasteiger partial charge in [0.25, 0.3) is 0 Å². The number of hydrogen-bond acceptors (Lipinski definition) is 4. The predicted molar refractivity (Wildman–Crippen MR) is 64.8 cm³/mol. The number of methoxy groups -OCH3 is 1. The molecule has 0 unspecified atom stereocenters. The molecule has 0 aliphatic heterocycles. The molecule has 0 atom stereocenters. The molecule has 0 radical (unpaired) electrons. The van der Waals surface area contributed by atoms with Crippen LogP contribution in [0.1, 0.15) is 23.2 Å². The number of carbonyl (C=O) groups excluding carboxylic acids is 1. The molecule has 0 spiro atoms. The highest BCUT2D eigenvalue weighted by atomic mass is 16.5. The summed E-state index contributed by atoms with van der Waals surface area (Å²) in [5.74, 6) is -1.81. The number of aromatic carboxylic acids is 1. The predicted octanol–water partition coefficient (Wildman–Crippen LogP) is 1.46. The van der Waals surface area contributed by atoms with Crippen molar-refractivity contribution >= 4 is 17.6 Å². The minimum Gasteiger partial charge on any atom is -0.507 e. The van der Waals surface area contributed by atoms with Gasteiger partial charge in [0.2, 0.25) is 5.91 Å². The standard InChI is InChI=1S/C12H15NO5/c1-18-6-2-3-11(15)13-8-4-5-10(14)9(7-8)12(16)17/h4-5,7,14H,2-3,6H2,1H3,(H,13,15)(H,16,17). The van der Waals surface area contributed by atoms with E-state index in [2.05, 4.69) is 5.32 Å². The van der Waals surface area contributed by atoms with Crippen molar-refractivity contribution in [3.05, 3.63) is 23.8 Å². The molecule has 6 heteroatoms. The molecular formula is C12H15NO5. The highest BCUT2D eigenvalue weighted by molar-refractivity contribution is 5.95. The molecule has 0 aromatic heterocycles. The average molecular weight is 253 g/mol. The SMILES string of the molecule is COCCCC(=O)Nc1ccc(O)c(C(=O)O)c1. The largest absolute Gasteiger partial charge is 0.507 e. The van der Waals surface area contributed by atoms with E-state index in [0.717, 1.165) is 0 Å². The lowest BCUT2D eigenvalue weighted by Crippen LogP contribution is -2.12. The molecule has 3 N–H and O–H groups in total. The Morgan fingerprint density at radius 3 is 2.72 bits per heavy atom. The minimum atomic E-state index is -1.25. The van der Waals surface area contributed by atoms with E-state index in [0.29, 0.717) is 18.7 Å². The van der Waals surface area contributed by atoms with Crippen LogP contribution in [0.3, 0.4) is 0 Å². The quantitative estimate of drug-likeness (QED) is 0.527. The maximum atomic E-state index is 11.5. The fraction of sp³-hybridized carbons (Fsp3) is 0.333. The van der Waals surface area contributed by atoms with Crippen LogP contribution in [0.2, 0.25) is 0 Å². The first kappa shape index (κ1) is 14.0. The molecular weight excluding hydrogens is 238 g/mol. The van der Waals surface area contributed by atoms with Crippen molar-refractivity contribution in [2.24, 2.45) is 0 Å². The van der Waals surface area contributed by atoms with E-state index < -0.39 is 5.97 Å². The lowest BCUT2D eigenvalue weighted by Gasteiger charge is -2.07. The number of rotatable bonds is 6. The second kappa shape index (κ2) is 6.61. The van der Waals surface area contributed by atoms with Crippen LogP contribution in [0.25, 0.3) is 0 Å². The third-order valence-corrected chi connectivity index (χ3v) is 2.26. The van der Waals surface area contributed by atoms with Crippen LogP contribution in [-0.4, -0.2) is 35.8 Å². The van der Waals surface area contributed by atoms with Crippen molar-refractivity contribution in [3.63, 3.8) is 0 Å². The van der Waals surface area contributed by atoms with Gasteiger partial charge in [-0.3, -0.25) is 4.79 Å². The first-order valence-corrected chi connectivity index (χ1v) is 5.39. The van der Waals surface area contributed by atoms with Gasteiger partial charge < -0.3 is 20.3 Å². The number of anilines is 1. The van der Waals surface area contributed by atoms with Gasteiger partial charge in [0, 0.05) is 25.8 Å². The Morgan fingerprint density at radius 2 is 2.11 bits per heavy atom. The summed E-state index contributed by atoms with van der Waals surface area (Å²) in [6.07, 6.45) is 0.878. The molecule has 0 bridgehead atoms. The van der Waals surface area contributed by atoms with E-state index in [-0.39, 0.29) is 23.6 Å². The van der Waals surface area contributed by atoms with Crippen molar-refractivity contribution in [1.29, 1.82) is 0 Å². The number of hydrogen-bond donors (Lipinski definition) is 3. The zero-order valence-electron chi connectivity index (χ0n) is 9.97. The number of phenols is 1. The van der Waals surface area contributed by atoms with Crippen LogP contribution in [0.5, 0.6) is 5.75 Å². The molecule has 0 fully saturated rings. The van der Waals surface area contributed by atoms with E-state index in [1.54, 1.807) is 7.11 Å². The maximum Gasteiger partial charge on any atom is 0.339 e. The van der Waals surface area contributed by atoms with Crippen LogP contribution in [0.4, 0.5) is 5.69 Å². The monoisotopic (exact) mass is 253 g/mol. The molecule has 0 aliphatic rings. The molecule has 1 amide bonds. The van der Waals surface area contributed by atoms with Crippen molar-refractivity contribution in [2.75, 3.05) is 19.0 Å². The van der Waals surface area contributed by atoms with Crippen molar-refractivity contribution < 1.29 is 24.5 Å². The van der Waals surface area contributed by atoms with E-state index in [1.807, 2.05) is 0 Å². The van der Waals surface area contributed by atoms with Gasteiger partial charge in [0.15, 0.2) is 0 Å². The summed E-state index contributed by atoms with van der Waals surface area (Å²) < 4.78 is 4.82. The number of amides is 1. The molecule has 1 rings (SSSR count). The van der Waals surface area contributed by atoms with Crippen molar-refractivity contribution in [3.8, 4) is 5.75 Å². The number of nitrogens with one attached hydrogen (secondary N) is 1. The second-order valence-corrected chi connectivity index (χ2v) is 3.68. The molecule has 0 saturated heterocycles. The van der Waals surface area contributed by atoms with E-state index in [4.69, 9.17) is 9.84 Å². The summed E-state index contributed by atoms with van der Waals surface area (Å²) in [6.45, 7) is 0.489. The molecule has 0 aliphatic carbocycles. The Morgan fingerprint density at radius 1 is 1.39 bits per heavy atom. The first-order chi connectivity index (χ1) is 8.54. The number of carbonyl (C=O) groups is 2. The summed E-state index contributed by atoms with van der Waals surface area (Å²) in [5, 5.41) is 20.7. The molecule has 1 aromatic carbocycles. The van der Waals surface area contributed by atoms with E-state index in [9.17, 15) is 14.7 Å². The topological polar surface area (TPSA) is 95.9 Å². The van der Waals surface area contributed by atoms with Gasteiger partial charge in [-0.1, -0.05) is 0 Å². The Balaban J connectivity index is 2.65.